The molecule has 1 amide bonds. The highest BCUT2D eigenvalue weighted by Crippen LogP contribution is 2.26. The summed E-state index contributed by atoms with van der Waals surface area (Å²) < 4.78 is 0. The Kier molecular flexibility index (Phi) is 6.04. The average molecular weight is 380 g/mol. The highest BCUT2D eigenvalue weighted by atomic mass is 16.2. The summed E-state index contributed by atoms with van der Waals surface area (Å²) in [4.78, 5) is 17.0. The maximum Gasteiger partial charge on any atom is 0.225 e. The van der Waals surface area contributed by atoms with Crippen LogP contribution in [0.3, 0.4) is 0 Å². The van der Waals surface area contributed by atoms with Crippen molar-refractivity contribution in [1.82, 2.24) is 15.1 Å². The molecule has 1 saturated heterocycles. The second-order valence-electron chi connectivity index (χ2n) is 7.76. The second-order valence-corrected chi connectivity index (χ2v) is 7.76. The normalized spacial score (nSPS) is 18.1. The number of hydrogen-bond donors (Lipinski definition) is 1. The molecule has 1 aliphatic carbocycles. The molecular formula is C22H29N5O. The molecule has 0 atom stereocenters. The molecule has 6 nitrogen and oxygen atoms in total. The molecule has 1 aliphatic heterocycles. The van der Waals surface area contributed by atoms with Crippen LogP contribution in [0.1, 0.15) is 37.7 Å². The van der Waals surface area contributed by atoms with Gasteiger partial charge in [0.2, 0.25) is 5.91 Å². The first-order valence-corrected chi connectivity index (χ1v) is 10.4. The van der Waals surface area contributed by atoms with Crippen LogP contribution in [0, 0.1) is 5.92 Å². The van der Waals surface area contributed by atoms with Gasteiger partial charge in [0.1, 0.15) is 5.82 Å². The van der Waals surface area contributed by atoms with Gasteiger partial charge in [0.05, 0.1) is 0 Å². The van der Waals surface area contributed by atoms with Crippen molar-refractivity contribution in [3.8, 4) is 0 Å². The molecule has 28 heavy (non-hydrogen) atoms. The lowest BCUT2D eigenvalue weighted by Gasteiger charge is -2.37. The van der Waals surface area contributed by atoms with E-state index in [1.807, 2.05) is 30.3 Å². The van der Waals surface area contributed by atoms with Crippen molar-refractivity contribution in [2.45, 2.75) is 38.6 Å². The summed E-state index contributed by atoms with van der Waals surface area (Å²) in [5.41, 5.74) is 1.21. The fourth-order valence-electron chi connectivity index (χ4n) is 4.14. The van der Waals surface area contributed by atoms with Gasteiger partial charge in [-0.2, -0.15) is 0 Å². The lowest BCUT2D eigenvalue weighted by molar-refractivity contribution is -0.136. The van der Waals surface area contributed by atoms with E-state index in [2.05, 4.69) is 37.4 Å². The van der Waals surface area contributed by atoms with Crippen LogP contribution in [0.25, 0.3) is 0 Å². The van der Waals surface area contributed by atoms with Crippen molar-refractivity contribution >= 4 is 17.5 Å². The Bertz CT molecular complexity index is 750. The number of carbonyl (C=O) groups excluding carboxylic acids is 1. The summed E-state index contributed by atoms with van der Waals surface area (Å²) in [5, 5.41) is 12.0. The smallest absolute Gasteiger partial charge is 0.225 e. The Morgan fingerprint density at radius 3 is 2.36 bits per heavy atom. The number of nitrogens with zero attached hydrogens (tertiary/aromatic N) is 4. The maximum atomic E-state index is 12.7. The number of hydrogen-bond acceptors (Lipinski definition) is 5. The van der Waals surface area contributed by atoms with Crippen molar-refractivity contribution in [2.24, 2.45) is 5.92 Å². The summed E-state index contributed by atoms with van der Waals surface area (Å²) in [5.74, 6) is 2.29. The number of aromatic nitrogens is 2. The molecule has 4 rings (SSSR count). The van der Waals surface area contributed by atoms with Crippen molar-refractivity contribution in [2.75, 3.05) is 36.4 Å². The van der Waals surface area contributed by atoms with Gasteiger partial charge in [-0.1, -0.05) is 49.6 Å². The minimum Gasteiger partial charge on any atom is -0.365 e. The summed E-state index contributed by atoms with van der Waals surface area (Å²) in [6.07, 6.45) is 5.84. The highest BCUT2D eigenvalue weighted by molar-refractivity contribution is 5.79. The van der Waals surface area contributed by atoms with Crippen LogP contribution in [0.15, 0.2) is 42.5 Å². The van der Waals surface area contributed by atoms with Crippen LogP contribution >= 0.6 is 0 Å². The zero-order valence-electron chi connectivity index (χ0n) is 16.4. The SMILES string of the molecule is O=C(C1CCCCC1)N1CCN(c2ccc(NCc3ccccc3)nn2)CC1. The maximum absolute atomic E-state index is 12.7. The number of amides is 1. The third-order valence-corrected chi connectivity index (χ3v) is 5.84. The van der Waals surface area contributed by atoms with E-state index in [1.165, 1.54) is 24.8 Å². The molecule has 1 aromatic carbocycles. The zero-order chi connectivity index (χ0) is 19.2. The van der Waals surface area contributed by atoms with E-state index >= 15 is 0 Å². The number of rotatable bonds is 5. The van der Waals surface area contributed by atoms with Gasteiger partial charge in [-0.25, -0.2) is 0 Å². The Morgan fingerprint density at radius 1 is 0.929 bits per heavy atom. The van der Waals surface area contributed by atoms with E-state index in [9.17, 15) is 4.79 Å². The van der Waals surface area contributed by atoms with Crippen LogP contribution in [-0.2, 0) is 11.3 Å². The molecule has 0 radical (unpaired) electrons. The summed E-state index contributed by atoms with van der Waals surface area (Å²) in [6.45, 7) is 3.95. The molecule has 2 fully saturated rings. The molecule has 0 unspecified atom stereocenters. The first-order chi connectivity index (χ1) is 13.8. The molecule has 1 aromatic heterocycles. The number of nitrogens with one attached hydrogen (secondary N) is 1. The first-order valence-electron chi connectivity index (χ1n) is 10.4. The highest BCUT2D eigenvalue weighted by Gasteiger charge is 2.28. The lowest BCUT2D eigenvalue weighted by atomic mass is 9.88. The topological polar surface area (TPSA) is 61.4 Å². The van der Waals surface area contributed by atoms with E-state index in [1.54, 1.807) is 0 Å². The summed E-state index contributed by atoms with van der Waals surface area (Å²) >= 11 is 0. The van der Waals surface area contributed by atoms with Gasteiger partial charge < -0.3 is 15.1 Å². The number of anilines is 2. The Morgan fingerprint density at radius 2 is 1.68 bits per heavy atom. The van der Waals surface area contributed by atoms with E-state index < -0.39 is 0 Å². The van der Waals surface area contributed by atoms with Gasteiger partial charge in [0, 0.05) is 38.6 Å². The molecule has 148 valence electrons. The molecule has 0 bridgehead atoms. The third-order valence-electron chi connectivity index (χ3n) is 5.84. The van der Waals surface area contributed by atoms with Gasteiger partial charge in [0.25, 0.3) is 0 Å². The molecule has 1 N–H and O–H groups in total. The molecule has 2 aromatic rings. The minimum atomic E-state index is 0.259. The van der Waals surface area contributed by atoms with Gasteiger partial charge in [-0.15, -0.1) is 10.2 Å². The van der Waals surface area contributed by atoms with E-state index in [0.717, 1.165) is 57.2 Å². The van der Waals surface area contributed by atoms with Crippen LogP contribution < -0.4 is 10.2 Å². The Labute approximate surface area is 166 Å². The van der Waals surface area contributed by atoms with E-state index in [-0.39, 0.29) is 5.92 Å². The van der Waals surface area contributed by atoms with Gasteiger partial charge in [0.15, 0.2) is 5.82 Å². The summed E-state index contributed by atoms with van der Waals surface area (Å²) in [7, 11) is 0. The van der Waals surface area contributed by atoms with Crippen molar-refractivity contribution in [3.05, 3.63) is 48.0 Å². The Hall–Kier alpha value is -2.63. The average Bonchev–Trinajstić information content (AvgIpc) is 2.79. The second kappa shape index (κ2) is 9.04. The first kappa shape index (κ1) is 18.7. The zero-order valence-corrected chi connectivity index (χ0v) is 16.4. The number of benzene rings is 1. The van der Waals surface area contributed by atoms with Crippen molar-refractivity contribution in [3.63, 3.8) is 0 Å². The van der Waals surface area contributed by atoms with Crippen LogP contribution in [0.4, 0.5) is 11.6 Å². The molecule has 6 heteroatoms. The van der Waals surface area contributed by atoms with Crippen molar-refractivity contribution in [1.29, 1.82) is 0 Å². The monoisotopic (exact) mass is 379 g/mol. The quantitative estimate of drug-likeness (QED) is 0.864. The predicted octanol–water partition coefficient (Wildman–Crippen LogP) is 3.32. The largest absolute Gasteiger partial charge is 0.365 e. The Balaban J connectivity index is 1.27. The number of piperazine rings is 1. The van der Waals surface area contributed by atoms with Gasteiger partial charge in [-0.05, 0) is 30.5 Å². The van der Waals surface area contributed by atoms with Crippen LogP contribution in [0.2, 0.25) is 0 Å². The predicted molar refractivity (Wildman–Crippen MR) is 111 cm³/mol. The van der Waals surface area contributed by atoms with Crippen molar-refractivity contribution < 1.29 is 4.79 Å². The van der Waals surface area contributed by atoms with Gasteiger partial charge >= 0.3 is 0 Å². The fourth-order valence-corrected chi connectivity index (χ4v) is 4.14. The lowest BCUT2D eigenvalue weighted by Crippen LogP contribution is -2.50. The molecule has 2 heterocycles. The molecule has 1 saturated carbocycles. The van der Waals surface area contributed by atoms with E-state index in [4.69, 9.17) is 0 Å². The molecule has 0 spiro atoms. The van der Waals surface area contributed by atoms with E-state index in [0.29, 0.717) is 5.91 Å². The van der Waals surface area contributed by atoms with Gasteiger partial charge in [-0.3, -0.25) is 4.79 Å². The molecule has 2 aliphatic rings. The standard InChI is InChI=1S/C22H29N5O/c28-22(19-9-5-2-6-10-19)27-15-13-26(14-16-27)21-12-11-20(24-25-21)23-17-18-7-3-1-4-8-18/h1,3-4,7-8,11-12,19H,2,5-6,9-10,13-17H2,(H,23,24). The molecular weight excluding hydrogens is 350 g/mol. The number of carbonyl (C=O) groups is 1. The fraction of sp³-hybridized carbons (Fsp3) is 0.500. The summed E-state index contributed by atoms with van der Waals surface area (Å²) in [6, 6.07) is 14.2. The van der Waals surface area contributed by atoms with Crippen LogP contribution in [-0.4, -0.2) is 47.2 Å². The third kappa shape index (κ3) is 4.61. The van der Waals surface area contributed by atoms with Crippen LogP contribution in [0.5, 0.6) is 0 Å². The minimum absolute atomic E-state index is 0.259.